The molecule has 2 aromatic carbocycles. The molecule has 0 unspecified atom stereocenters. The van der Waals surface area contributed by atoms with Gasteiger partial charge < -0.3 is 14.2 Å². The van der Waals surface area contributed by atoms with Crippen molar-refractivity contribution in [3.05, 3.63) is 84.1 Å². The second-order valence-electron chi connectivity index (χ2n) is 10.2. The van der Waals surface area contributed by atoms with Gasteiger partial charge in [-0.15, -0.1) is 0 Å². The van der Waals surface area contributed by atoms with E-state index in [1.165, 1.54) is 37.4 Å². The second-order valence-corrected chi connectivity index (χ2v) is 12.0. The molecular formula is C29H29F4N5O5S. The zero-order valence-electron chi connectivity index (χ0n) is 24.0. The SMILES string of the molecule is COc1ccc(CN(c2ccncn2)S(=O)(=O)c2ccc(O[C@H]3CC(F)(F)CC[C@@H]3c3ccnn3C)c(F)c2F)c(OC)c1. The maximum Gasteiger partial charge on any atom is 0.268 e. The molecule has 1 saturated carbocycles. The summed E-state index contributed by atoms with van der Waals surface area (Å²) in [4.78, 5) is 6.80. The second kappa shape index (κ2) is 12.3. The van der Waals surface area contributed by atoms with Gasteiger partial charge >= 0.3 is 0 Å². The highest BCUT2D eigenvalue weighted by atomic mass is 32.2. The Morgan fingerprint density at radius 2 is 1.82 bits per heavy atom. The summed E-state index contributed by atoms with van der Waals surface area (Å²) in [7, 11) is -0.330. The number of aromatic nitrogens is 4. The summed E-state index contributed by atoms with van der Waals surface area (Å²) in [6.07, 6.45) is 1.55. The van der Waals surface area contributed by atoms with Crippen LogP contribution < -0.4 is 18.5 Å². The molecule has 4 aromatic rings. The minimum atomic E-state index is -4.81. The highest BCUT2D eigenvalue weighted by Crippen LogP contribution is 2.43. The Morgan fingerprint density at radius 1 is 1.02 bits per heavy atom. The Hall–Kier alpha value is -4.40. The highest BCUT2D eigenvalue weighted by Gasteiger charge is 2.45. The van der Waals surface area contributed by atoms with Crippen LogP contribution >= 0.6 is 0 Å². The number of sulfonamides is 1. The number of halogens is 4. The highest BCUT2D eigenvalue weighted by molar-refractivity contribution is 7.92. The molecular weight excluding hydrogens is 606 g/mol. The Labute approximate surface area is 251 Å². The smallest absolute Gasteiger partial charge is 0.268 e. The average molecular weight is 636 g/mol. The van der Waals surface area contributed by atoms with Crippen LogP contribution in [-0.4, -0.2) is 54.4 Å². The average Bonchev–Trinajstić information content (AvgIpc) is 3.43. The van der Waals surface area contributed by atoms with E-state index in [-0.39, 0.29) is 24.5 Å². The third-order valence-corrected chi connectivity index (χ3v) is 9.26. The Balaban J connectivity index is 1.50. The number of rotatable bonds is 10. The molecule has 44 heavy (non-hydrogen) atoms. The molecule has 0 bridgehead atoms. The molecule has 1 fully saturated rings. The number of methoxy groups -OCH3 is 2. The van der Waals surface area contributed by atoms with Gasteiger partial charge in [-0.05, 0) is 36.8 Å². The molecule has 2 atom stereocenters. The van der Waals surface area contributed by atoms with E-state index < -0.39 is 63.1 Å². The summed E-state index contributed by atoms with van der Waals surface area (Å²) in [6, 6.07) is 9.39. The van der Waals surface area contributed by atoms with Crippen molar-refractivity contribution in [2.75, 3.05) is 18.5 Å². The van der Waals surface area contributed by atoms with Gasteiger partial charge in [0, 0.05) is 61.6 Å². The molecule has 0 radical (unpaired) electrons. The van der Waals surface area contributed by atoms with E-state index in [9.17, 15) is 17.2 Å². The topological polar surface area (TPSA) is 109 Å². The molecule has 0 amide bonds. The predicted molar refractivity (Wildman–Crippen MR) is 150 cm³/mol. The fraction of sp³-hybridized carbons (Fsp3) is 0.345. The standard InChI is InChI=1S/C29H29F4N5O5S/c1-37-21(9-13-36-37)20-8-11-29(32,33)15-24(20)43-22-6-7-25(28(31)27(22)30)44(39,40)38(26-10-12-34-17-35-26)16-18-4-5-19(41-2)14-23(18)42-3/h4-7,9-10,12-14,17,20,24H,8,11,15-16H2,1-3H3/t20-,24+/m1/s1. The summed E-state index contributed by atoms with van der Waals surface area (Å²) in [5, 5.41) is 4.08. The van der Waals surface area contributed by atoms with Gasteiger partial charge in [-0.25, -0.2) is 35.9 Å². The van der Waals surface area contributed by atoms with Crippen molar-refractivity contribution < 1.29 is 40.2 Å². The molecule has 10 nitrogen and oxygen atoms in total. The van der Waals surface area contributed by atoms with Crippen molar-refractivity contribution in [3.8, 4) is 17.2 Å². The zero-order valence-corrected chi connectivity index (χ0v) is 24.8. The van der Waals surface area contributed by atoms with Crippen LogP contribution in [0, 0.1) is 11.6 Å². The zero-order chi connectivity index (χ0) is 31.6. The van der Waals surface area contributed by atoms with Crippen LogP contribution in [-0.2, 0) is 23.6 Å². The summed E-state index contributed by atoms with van der Waals surface area (Å²) in [5.74, 6) is -7.12. The van der Waals surface area contributed by atoms with Gasteiger partial charge in [0.1, 0.15) is 34.6 Å². The number of hydrogen-bond acceptors (Lipinski definition) is 8. The van der Waals surface area contributed by atoms with Crippen LogP contribution in [0.5, 0.6) is 17.2 Å². The van der Waals surface area contributed by atoms with Gasteiger partial charge in [0.25, 0.3) is 15.9 Å². The fourth-order valence-corrected chi connectivity index (χ4v) is 6.70. The van der Waals surface area contributed by atoms with Gasteiger partial charge in [0.15, 0.2) is 11.6 Å². The third kappa shape index (κ3) is 6.14. The van der Waals surface area contributed by atoms with E-state index in [1.54, 1.807) is 31.3 Å². The molecule has 0 spiro atoms. The molecule has 0 N–H and O–H groups in total. The van der Waals surface area contributed by atoms with Crippen molar-refractivity contribution in [2.24, 2.45) is 7.05 Å². The largest absolute Gasteiger partial charge is 0.497 e. The molecule has 234 valence electrons. The van der Waals surface area contributed by atoms with Crippen LogP contribution in [0.25, 0.3) is 0 Å². The van der Waals surface area contributed by atoms with Crippen LogP contribution in [0.15, 0.2) is 66.1 Å². The Bertz CT molecular complexity index is 1740. The molecule has 2 heterocycles. The van der Waals surface area contributed by atoms with Gasteiger partial charge in [-0.2, -0.15) is 9.49 Å². The predicted octanol–water partition coefficient (Wildman–Crippen LogP) is 5.25. The third-order valence-electron chi connectivity index (χ3n) is 7.50. The fourth-order valence-electron chi connectivity index (χ4n) is 5.24. The van der Waals surface area contributed by atoms with E-state index in [0.717, 1.165) is 22.8 Å². The first kappa shape index (κ1) is 31.0. The first-order valence-electron chi connectivity index (χ1n) is 13.4. The van der Waals surface area contributed by atoms with Gasteiger partial charge in [-0.1, -0.05) is 0 Å². The minimum Gasteiger partial charge on any atom is -0.497 e. The molecule has 1 aliphatic rings. The van der Waals surface area contributed by atoms with Crippen LogP contribution in [0.3, 0.4) is 0 Å². The summed E-state index contributed by atoms with van der Waals surface area (Å²) in [5.41, 5.74) is 0.968. The lowest BCUT2D eigenvalue weighted by molar-refractivity contribution is -0.0787. The minimum absolute atomic E-state index is 0.0243. The number of hydrogen-bond donors (Lipinski definition) is 0. The van der Waals surface area contributed by atoms with E-state index in [0.29, 0.717) is 17.0 Å². The van der Waals surface area contributed by atoms with Gasteiger partial charge in [-0.3, -0.25) is 4.68 Å². The van der Waals surface area contributed by atoms with E-state index in [1.807, 2.05) is 0 Å². The van der Waals surface area contributed by atoms with Crippen LogP contribution in [0.1, 0.15) is 36.4 Å². The van der Waals surface area contributed by atoms with E-state index in [4.69, 9.17) is 14.2 Å². The molecule has 2 aromatic heterocycles. The molecule has 0 saturated heterocycles. The van der Waals surface area contributed by atoms with Crippen molar-refractivity contribution in [3.63, 3.8) is 0 Å². The summed E-state index contributed by atoms with van der Waals surface area (Å²) in [6.45, 7) is -0.380. The number of aryl methyl sites for hydroxylation is 1. The maximum absolute atomic E-state index is 15.7. The van der Waals surface area contributed by atoms with E-state index in [2.05, 4.69) is 15.1 Å². The molecule has 0 aliphatic heterocycles. The maximum atomic E-state index is 15.7. The van der Waals surface area contributed by atoms with Crippen LogP contribution in [0.2, 0.25) is 0 Å². The lowest BCUT2D eigenvalue weighted by atomic mass is 9.82. The van der Waals surface area contributed by atoms with Crippen molar-refractivity contribution >= 4 is 15.8 Å². The van der Waals surface area contributed by atoms with Crippen molar-refractivity contribution in [1.82, 2.24) is 19.7 Å². The van der Waals surface area contributed by atoms with Gasteiger partial charge in [0.05, 0.1) is 20.8 Å². The monoisotopic (exact) mass is 635 g/mol. The summed E-state index contributed by atoms with van der Waals surface area (Å²) < 4.78 is 106. The first-order chi connectivity index (χ1) is 20.9. The molecule has 5 rings (SSSR count). The molecule has 15 heteroatoms. The Kier molecular flexibility index (Phi) is 8.68. The number of ether oxygens (including phenoxy) is 3. The van der Waals surface area contributed by atoms with E-state index >= 15 is 8.78 Å². The van der Waals surface area contributed by atoms with Crippen molar-refractivity contribution in [1.29, 1.82) is 0 Å². The lowest BCUT2D eigenvalue weighted by Gasteiger charge is -2.36. The number of alkyl halides is 2. The number of nitrogens with zero attached hydrogens (tertiary/aromatic N) is 5. The number of anilines is 1. The lowest BCUT2D eigenvalue weighted by Crippen LogP contribution is -2.39. The normalized spacial score (nSPS) is 18.1. The Morgan fingerprint density at radius 3 is 2.48 bits per heavy atom. The van der Waals surface area contributed by atoms with Crippen LogP contribution in [0.4, 0.5) is 23.4 Å². The summed E-state index contributed by atoms with van der Waals surface area (Å²) >= 11 is 0. The first-order valence-corrected chi connectivity index (χ1v) is 14.9. The number of benzene rings is 2. The van der Waals surface area contributed by atoms with Crippen molar-refractivity contribution in [2.45, 2.75) is 48.6 Å². The van der Waals surface area contributed by atoms with Gasteiger partial charge in [0.2, 0.25) is 5.82 Å². The quantitative estimate of drug-likeness (QED) is 0.218. The molecule has 1 aliphatic carbocycles.